The Bertz CT molecular complexity index is 358. The quantitative estimate of drug-likeness (QED) is 0.889. The Morgan fingerprint density at radius 1 is 1.50 bits per heavy atom. The molecule has 5 nitrogen and oxygen atoms in total. The van der Waals surface area contributed by atoms with Gasteiger partial charge in [-0.15, -0.1) is 24.8 Å². The summed E-state index contributed by atoms with van der Waals surface area (Å²) in [6.45, 7) is 6.43. The van der Waals surface area contributed by atoms with Crippen molar-refractivity contribution in [2.75, 3.05) is 19.6 Å². The molecule has 0 saturated carbocycles. The van der Waals surface area contributed by atoms with Gasteiger partial charge < -0.3 is 10.2 Å². The number of hydrogen-bond donors (Lipinski definition) is 1. The number of piperazine rings is 1. The van der Waals surface area contributed by atoms with E-state index < -0.39 is 0 Å². The van der Waals surface area contributed by atoms with E-state index in [2.05, 4.69) is 17.3 Å². The van der Waals surface area contributed by atoms with Gasteiger partial charge in [-0.05, 0) is 19.9 Å². The summed E-state index contributed by atoms with van der Waals surface area (Å²) >= 11 is 0. The third kappa shape index (κ3) is 3.86. The first-order chi connectivity index (χ1) is 7.68. The van der Waals surface area contributed by atoms with Crippen LogP contribution in [0.1, 0.15) is 19.9 Å². The van der Waals surface area contributed by atoms with Crippen molar-refractivity contribution in [3.63, 3.8) is 0 Å². The van der Waals surface area contributed by atoms with Crippen LogP contribution in [0.4, 0.5) is 0 Å². The molecule has 0 radical (unpaired) electrons. The summed E-state index contributed by atoms with van der Waals surface area (Å²) in [7, 11) is 0. The fourth-order valence-electron chi connectivity index (χ4n) is 2.02. The highest BCUT2D eigenvalue weighted by atomic mass is 35.5. The Hall–Kier alpha value is -0.780. The van der Waals surface area contributed by atoms with Crippen molar-refractivity contribution in [2.24, 2.45) is 0 Å². The zero-order chi connectivity index (χ0) is 11.5. The van der Waals surface area contributed by atoms with Gasteiger partial charge in [0.25, 0.3) is 0 Å². The summed E-state index contributed by atoms with van der Waals surface area (Å²) in [6, 6.07) is 2.01. The maximum Gasteiger partial charge on any atom is 0.247 e. The molecule has 1 fully saturated rings. The number of nitrogens with zero attached hydrogens (tertiary/aromatic N) is 3. The second-order valence-corrected chi connectivity index (χ2v) is 4.30. The molecule has 2 rings (SSSR count). The summed E-state index contributed by atoms with van der Waals surface area (Å²) in [5, 5.41) is 7.43. The predicted molar refractivity (Wildman–Crippen MR) is 75.5 cm³/mol. The number of rotatable bonds is 2. The third-order valence-electron chi connectivity index (χ3n) is 2.96. The monoisotopic (exact) mass is 294 g/mol. The highest BCUT2D eigenvalue weighted by Gasteiger charge is 2.25. The molecule has 2 heterocycles. The van der Waals surface area contributed by atoms with E-state index in [4.69, 9.17) is 0 Å². The van der Waals surface area contributed by atoms with Gasteiger partial charge in [-0.2, -0.15) is 5.10 Å². The van der Waals surface area contributed by atoms with Crippen LogP contribution in [-0.4, -0.2) is 46.3 Å². The molecule has 0 aliphatic carbocycles. The fourth-order valence-corrected chi connectivity index (χ4v) is 2.02. The summed E-state index contributed by atoms with van der Waals surface area (Å²) < 4.78 is 1.70. The van der Waals surface area contributed by atoms with Crippen LogP contribution in [-0.2, 0) is 4.79 Å². The summed E-state index contributed by atoms with van der Waals surface area (Å²) in [5.74, 6) is 0.150. The first-order valence-electron chi connectivity index (χ1n) is 5.70. The molecule has 2 unspecified atom stereocenters. The van der Waals surface area contributed by atoms with Crippen molar-refractivity contribution in [3.05, 3.63) is 18.5 Å². The van der Waals surface area contributed by atoms with Gasteiger partial charge in [-0.25, -0.2) is 0 Å². The second-order valence-electron chi connectivity index (χ2n) is 4.30. The Kier molecular flexibility index (Phi) is 7.28. The van der Waals surface area contributed by atoms with E-state index in [1.165, 1.54) is 0 Å². The van der Waals surface area contributed by atoms with E-state index in [9.17, 15) is 4.79 Å². The minimum absolute atomic E-state index is 0. The largest absolute Gasteiger partial charge is 0.338 e. The van der Waals surface area contributed by atoms with E-state index >= 15 is 0 Å². The number of carbonyl (C=O) groups excluding carboxylic acids is 1. The summed E-state index contributed by atoms with van der Waals surface area (Å²) in [4.78, 5) is 14.1. The van der Waals surface area contributed by atoms with Crippen molar-refractivity contribution in [2.45, 2.75) is 25.9 Å². The van der Waals surface area contributed by atoms with Gasteiger partial charge in [-0.3, -0.25) is 9.48 Å². The lowest BCUT2D eigenvalue weighted by molar-refractivity contribution is -0.135. The van der Waals surface area contributed by atoms with Gasteiger partial charge in [-0.1, -0.05) is 0 Å². The normalized spacial score (nSPS) is 20.6. The Labute approximate surface area is 120 Å². The van der Waals surface area contributed by atoms with E-state index in [1.54, 1.807) is 10.9 Å². The average molecular weight is 295 g/mol. The molecule has 1 aromatic rings. The second kappa shape index (κ2) is 7.61. The molecular formula is C11H20Cl2N4O. The molecular weight excluding hydrogens is 275 g/mol. The van der Waals surface area contributed by atoms with Crippen LogP contribution in [0.25, 0.3) is 0 Å². The van der Waals surface area contributed by atoms with Crippen LogP contribution in [0.15, 0.2) is 18.5 Å². The molecule has 1 saturated heterocycles. The van der Waals surface area contributed by atoms with Crippen LogP contribution in [0.5, 0.6) is 0 Å². The number of amides is 1. The van der Waals surface area contributed by atoms with Crippen molar-refractivity contribution >= 4 is 30.7 Å². The Morgan fingerprint density at radius 2 is 2.22 bits per heavy atom. The van der Waals surface area contributed by atoms with Crippen LogP contribution in [0.3, 0.4) is 0 Å². The van der Waals surface area contributed by atoms with Gasteiger partial charge in [0.15, 0.2) is 0 Å². The lowest BCUT2D eigenvalue weighted by atomic mass is 10.2. The van der Waals surface area contributed by atoms with E-state index in [1.807, 2.05) is 24.1 Å². The van der Waals surface area contributed by atoms with Gasteiger partial charge in [0.1, 0.15) is 6.04 Å². The van der Waals surface area contributed by atoms with Crippen molar-refractivity contribution in [1.82, 2.24) is 20.0 Å². The standard InChI is InChI=1S/C11H18N4O.2ClH/c1-9-8-14(7-5-12-9)11(16)10(2)15-6-3-4-13-15;;/h3-4,6,9-10,12H,5,7-8H2,1-2H3;2*1H. The van der Waals surface area contributed by atoms with E-state index in [0.717, 1.165) is 19.6 Å². The van der Waals surface area contributed by atoms with Gasteiger partial charge >= 0.3 is 0 Å². The summed E-state index contributed by atoms with van der Waals surface area (Å²) in [6.07, 6.45) is 3.53. The van der Waals surface area contributed by atoms with Gasteiger partial charge in [0, 0.05) is 38.1 Å². The summed E-state index contributed by atoms with van der Waals surface area (Å²) in [5.41, 5.74) is 0. The zero-order valence-corrected chi connectivity index (χ0v) is 12.2. The zero-order valence-electron chi connectivity index (χ0n) is 10.6. The van der Waals surface area contributed by atoms with Crippen LogP contribution in [0, 0.1) is 0 Å². The smallest absolute Gasteiger partial charge is 0.247 e. The predicted octanol–water partition coefficient (Wildman–Crippen LogP) is 1.11. The minimum Gasteiger partial charge on any atom is -0.338 e. The number of aromatic nitrogens is 2. The molecule has 1 N–H and O–H groups in total. The maximum atomic E-state index is 12.2. The molecule has 1 aromatic heterocycles. The number of hydrogen-bond acceptors (Lipinski definition) is 3. The topological polar surface area (TPSA) is 50.2 Å². The molecule has 1 amide bonds. The van der Waals surface area contributed by atoms with Crippen LogP contribution in [0.2, 0.25) is 0 Å². The van der Waals surface area contributed by atoms with Crippen LogP contribution < -0.4 is 5.32 Å². The Balaban J connectivity index is 0.00000144. The van der Waals surface area contributed by atoms with E-state index in [-0.39, 0.29) is 36.8 Å². The number of carbonyl (C=O) groups is 1. The van der Waals surface area contributed by atoms with Crippen molar-refractivity contribution in [1.29, 1.82) is 0 Å². The Morgan fingerprint density at radius 3 is 2.78 bits per heavy atom. The van der Waals surface area contributed by atoms with Gasteiger partial charge in [0.2, 0.25) is 5.91 Å². The molecule has 1 aliphatic heterocycles. The maximum absolute atomic E-state index is 12.2. The molecule has 104 valence electrons. The SMILES string of the molecule is CC1CN(C(=O)C(C)n2cccn2)CCN1.Cl.Cl. The third-order valence-corrected chi connectivity index (χ3v) is 2.96. The number of nitrogens with one attached hydrogen (secondary N) is 1. The molecule has 18 heavy (non-hydrogen) atoms. The molecule has 0 aromatic carbocycles. The first-order valence-corrected chi connectivity index (χ1v) is 5.70. The molecule has 2 atom stereocenters. The van der Waals surface area contributed by atoms with Crippen molar-refractivity contribution in [3.8, 4) is 0 Å². The highest BCUT2D eigenvalue weighted by molar-refractivity contribution is 5.85. The first kappa shape index (κ1) is 17.2. The van der Waals surface area contributed by atoms with Crippen LogP contribution >= 0.6 is 24.8 Å². The molecule has 7 heteroatoms. The molecule has 0 bridgehead atoms. The van der Waals surface area contributed by atoms with Crippen molar-refractivity contribution < 1.29 is 4.79 Å². The van der Waals surface area contributed by atoms with Gasteiger partial charge in [0.05, 0.1) is 0 Å². The fraction of sp³-hybridized carbons (Fsp3) is 0.636. The highest BCUT2D eigenvalue weighted by Crippen LogP contribution is 2.10. The minimum atomic E-state index is -0.208. The lowest BCUT2D eigenvalue weighted by Crippen LogP contribution is -2.52. The average Bonchev–Trinajstić information content (AvgIpc) is 2.80. The number of halogens is 2. The molecule has 0 spiro atoms. The van der Waals surface area contributed by atoms with E-state index in [0.29, 0.717) is 6.04 Å². The lowest BCUT2D eigenvalue weighted by Gasteiger charge is -2.33. The molecule has 1 aliphatic rings.